The van der Waals surface area contributed by atoms with Gasteiger partial charge in [0.05, 0.1) is 0 Å². The van der Waals surface area contributed by atoms with Gasteiger partial charge < -0.3 is 4.74 Å². The smallest absolute Gasteiger partial charge is 0.356 e. The van der Waals surface area contributed by atoms with Crippen LogP contribution < -0.4 is 0 Å². The van der Waals surface area contributed by atoms with Crippen LogP contribution in [0.15, 0.2) is 0 Å². The van der Waals surface area contributed by atoms with Crippen molar-refractivity contribution in [3.05, 3.63) is 0 Å². The summed E-state index contributed by atoms with van der Waals surface area (Å²) in [5.41, 5.74) is -0.137. The van der Waals surface area contributed by atoms with Crippen molar-refractivity contribution < 1.29 is 9.53 Å². The van der Waals surface area contributed by atoms with Gasteiger partial charge in [0.15, 0.2) is 0 Å². The standard InChI is InChI=1S/C19H32O2S/c1-3-4-5-6-7-22-13-18(20)21-19(2)16-9-14-8-15(11-16)12-17(19)10-14/h14-17H,3-13H2,1-2H3/p+1. The second kappa shape index (κ2) is 7.15. The van der Waals surface area contributed by atoms with Gasteiger partial charge in [-0.2, -0.15) is 0 Å². The lowest BCUT2D eigenvalue weighted by molar-refractivity contribution is -0.200. The van der Waals surface area contributed by atoms with Crippen LogP contribution >= 0.6 is 0 Å². The van der Waals surface area contributed by atoms with Crippen molar-refractivity contribution in [2.24, 2.45) is 23.7 Å². The molecule has 4 aliphatic carbocycles. The van der Waals surface area contributed by atoms with E-state index in [2.05, 4.69) is 13.8 Å². The predicted molar refractivity (Wildman–Crippen MR) is 94.2 cm³/mol. The van der Waals surface area contributed by atoms with E-state index in [0.29, 0.717) is 17.6 Å². The maximum absolute atomic E-state index is 12.3. The van der Waals surface area contributed by atoms with Gasteiger partial charge >= 0.3 is 5.97 Å². The molecule has 0 aromatic rings. The maximum Gasteiger partial charge on any atom is 0.356 e. The molecule has 4 fully saturated rings. The topological polar surface area (TPSA) is 26.3 Å². The minimum atomic E-state index is -0.137. The first-order chi connectivity index (χ1) is 10.6. The highest BCUT2D eigenvalue weighted by molar-refractivity contribution is 7.79. The molecule has 22 heavy (non-hydrogen) atoms. The van der Waals surface area contributed by atoms with Gasteiger partial charge in [-0.05, 0) is 87.3 Å². The van der Waals surface area contributed by atoms with Gasteiger partial charge in [0.25, 0.3) is 0 Å². The van der Waals surface area contributed by atoms with Crippen LogP contribution in [0.2, 0.25) is 0 Å². The molecule has 4 saturated carbocycles. The van der Waals surface area contributed by atoms with Crippen molar-refractivity contribution in [2.45, 2.75) is 77.2 Å². The highest BCUT2D eigenvalue weighted by Crippen LogP contribution is 2.59. The molecule has 0 spiro atoms. The first-order valence-corrected chi connectivity index (χ1v) is 10.7. The summed E-state index contributed by atoms with van der Waals surface area (Å²) in [6, 6.07) is 0. The Balaban J connectivity index is 1.43. The number of carbonyl (C=O) groups is 1. The largest absolute Gasteiger partial charge is 0.455 e. The van der Waals surface area contributed by atoms with Crippen LogP contribution in [0.4, 0.5) is 0 Å². The monoisotopic (exact) mass is 325 g/mol. The van der Waals surface area contributed by atoms with Crippen molar-refractivity contribution in [1.29, 1.82) is 0 Å². The molecule has 0 radical (unpaired) electrons. The molecular formula is C19H33O2S+. The second-order valence-electron chi connectivity index (χ2n) is 8.13. The molecule has 0 N–H and O–H groups in total. The Morgan fingerprint density at radius 3 is 2.27 bits per heavy atom. The van der Waals surface area contributed by atoms with Crippen LogP contribution in [0.25, 0.3) is 0 Å². The van der Waals surface area contributed by atoms with Gasteiger partial charge in [-0.25, -0.2) is 4.79 Å². The summed E-state index contributed by atoms with van der Waals surface area (Å²) in [6.45, 7) is 4.48. The number of hydrogen-bond acceptors (Lipinski definition) is 2. The Morgan fingerprint density at radius 2 is 1.68 bits per heavy atom. The molecule has 0 saturated heterocycles. The van der Waals surface area contributed by atoms with Crippen molar-refractivity contribution in [2.75, 3.05) is 11.5 Å². The summed E-state index contributed by atoms with van der Waals surface area (Å²) in [6.07, 6.45) is 11.9. The molecule has 0 aromatic carbocycles. The van der Waals surface area contributed by atoms with Crippen LogP contribution in [-0.4, -0.2) is 23.1 Å². The molecule has 0 unspecified atom stereocenters. The van der Waals surface area contributed by atoms with E-state index < -0.39 is 0 Å². The number of esters is 1. The van der Waals surface area contributed by atoms with Crippen LogP contribution in [0.3, 0.4) is 0 Å². The zero-order valence-electron chi connectivity index (χ0n) is 14.4. The average Bonchev–Trinajstić information content (AvgIpc) is 2.48. The zero-order chi connectivity index (χ0) is 15.6. The lowest BCUT2D eigenvalue weighted by Crippen LogP contribution is -2.58. The van der Waals surface area contributed by atoms with E-state index in [9.17, 15) is 4.79 Å². The Hall–Kier alpha value is -0.180. The van der Waals surface area contributed by atoms with E-state index in [-0.39, 0.29) is 11.6 Å². The summed E-state index contributed by atoms with van der Waals surface area (Å²) in [7, 11) is 0. The molecule has 4 bridgehead atoms. The third-order valence-electron chi connectivity index (χ3n) is 6.50. The summed E-state index contributed by atoms with van der Waals surface area (Å²) in [5, 5.41) is 0. The Labute approximate surface area is 140 Å². The summed E-state index contributed by atoms with van der Waals surface area (Å²) in [5.74, 6) is 4.99. The molecule has 0 heterocycles. The fourth-order valence-electron chi connectivity index (χ4n) is 5.38. The minimum absolute atomic E-state index is 0.0622. The van der Waals surface area contributed by atoms with Gasteiger partial charge in [-0.3, -0.25) is 0 Å². The number of carbonyl (C=O) groups excluding carboxylic acids is 1. The van der Waals surface area contributed by atoms with E-state index in [1.54, 1.807) is 0 Å². The van der Waals surface area contributed by atoms with Gasteiger partial charge in [0.1, 0.15) is 11.4 Å². The fourth-order valence-corrected chi connectivity index (χ4v) is 6.24. The number of hydrogen-bond donors (Lipinski definition) is 0. The maximum atomic E-state index is 12.3. The van der Waals surface area contributed by atoms with Crippen molar-refractivity contribution in [1.82, 2.24) is 0 Å². The van der Waals surface area contributed by atoms with E-state index in [1.165, 1.54) is 69.5 Å². The first-order valence-electron chi connectivity index (χ1n) is 9.47. The van der Waals surface area contributed by atoms with Gasteiger partial charge in [-0.15, -0.1) is 0 Å². The normalized spacial score (nSPS) is 39.2. The first kappa shape index (κ1) is 16.7. The molecule has 0 aromatic heterocycles. The molecule has 126 valence electrons. The van der Waals surface area contributed by atoms with Gasteiger partial charge in [0.2, 0.25) is 5.75 Å². The lowest BCUT2D eigenvalue weighted by atomic mass is 9.50. The molecule has 3 heteroatoms. The number of unbranched alkanes of at least 4 members (excludes halogenated alkanes) is 3. The molecular weight excluding hydrogens is 292 g/mol. The van der Waals surface area contributed by atoms with E-state index in [4.69, 9.17) is 4.74 Å². The third kappa shape index (κ3) is 3.49. The summed E-state index contributed by atoms with van der Waals surface area (Å²) < 4.78 is 6.10. The molecule has 2 nitrogen and oxygen atoms in total. The van der Waals surface area contributed by atoms with Crippen molar-refractivity contribution >= 4 is 17.7 Å². The third-order valence-corrected chi connectivity index (χ3v) is 7.62. The summed E-state index contributed by atoms with van der Waals surface area (Å²) in [4.78, 5) is 12.3. The molecule has 0 amide bonds. The summed E-state index contributed by atoms with van der Waals surface area (Å²) >= 11 is 1.26. The molecule has 4 aliphatic rings. The second-order valence-corrected chi connectivity index (χ2v) is 9.34. The highest BCUT2D eigenvalue weighted by atomic mass is 32.2. The Kier molecular flexibility index (Phi) is 5.42. The SMILES string of the molecule is CCCCCC[SH+]CC(=O)OC1(C)C2CC3CC(C2)CC1C3. The fraction of sp³-hybridized carbons (Fsp3) is 0.947. The molecule has 4 rings (SSSR count). The average molecular weight is 326 g/mol. The van der Waals surface area contributed by atoms with Crippen molar-refractivity contribution in [3.63, 3.8) is 0 Å². The Morgan fingerprint density at radius 1 is 1.05 bits per heavy atom. The van der Waals surface area contributed by atoms with E-state index in [1.807, 2.05) is 0 Å². The predicted octanol–water partition coefficient (Wildman–Crippen LogP) is 4.14. The van der Waals surface area contributed by atoms with Crippen LogP contribution in [0, 0.1) is 23.7 Å². The molecule has 0 aliphatic heterocycles. The zero-order valence-corrected chi connectivity index (χ0v) is 15.2. The lowest BCUT2D eigenvalue weighted by Gasteiger charge is -2.58. The Bertz CT molecular complexity index is 365. The molecule has 0 atom stereocenters. The van der Waals surface area contributed by atoms with Gasteiger partial charge in [-0.1, -0.05) is 19.8 Å². The number of ether oxygens (including phenoxy) is 1. The van der Waals surface area contributed by atoms with Gasteiger partial charge in [0, 0.05) is 0 Å². The van der Waals surface area contributed by atoms with Crippen LogP contribution in [0.5, 0.6) is 0 Å². The number of thiol groups is 1. The van der Waals surface area contributed by atoms with Crippen molar-refractivity contribution in [3.8, 4) is 0 Å². The van der Waals surface area contributed by atoms with Crippen LogP contribution in [0.1, 0.15) is 71.6 Å². The van der Waals surface area contributed by atoms with E-state index in [0.717, 1.165) is 17.6 Å². The van der Waals surface area contributed by atoms with Crippen LogP contribution in [-0.2, 0) is 21.3 Å². The van der Waals surface area contributed by atoms with E-state index >= 15 is 0 Å². The highest BCUT2D eigenvalue weighted by Gasteiger charge is 2.57. The minimum Gasteiger partial charge on any atom is -0.455 e. The number of rotatable bonds is 8. The quantitative estimate of drug-likeness (QED) is 0.290.